The van der Waals surface area contributed by atoms with E-state index in [0.29, 0.717) is 5.92 Å². The maximum absolute atomic E-state index is 11.7. The standard InChI is InChI=1S/C14H17BrN2O2/c1-8-6-11(8)14(19)16-7-13(18)17-12-4-3-10(15)5-9(12)2/h3-5,8,11H,6-7H2,1-2H3,(H,16,19)(H,17,18)/t8-,11-/m1/s1. The highest BCUT2D eigenvalue weighted by Gasteiger charge is 2.38. The van der Waals surface area contributed by atoms with E-state index in [-0.39, 0.29) is 24.3 Å². The van der Waals surface area contributed by atoms with Gasteiger partial charge in [-0.2, -0.15) is 0 Å². The van der Waals surface area contributed by atoms with Crippen LogP contribution >= 0.6 is 15.9 Å². The summed E-state index contributed by atoms with van der Waals surface area (Å²) in [4.78, 5) is 23.3. The Balaban J connectivity index is 1.82. The van der Waals surface area contributed by atoms with Crippen LogP contribution < -0.4 is 10.6 Å². The Bertz CT molecular complexity index is 516. The Hall–Kier alpha value is -1.36. The Morgan fingerprint density at radius 3 is 2.68 bits per heavy atom. The molecule has 1 aromatic carbocycles. The summed E-state index contributed by atoms with van der Waals surface area (Å²) in [6.07, 6.45) is 0.930. The zero-order chi connectivity index (χ0) is 14.0. The van der Waals surface area contributed by atoms with Crippen molar-refractivity contribution in [1.29, 1.82) is 0 Å². The van der Waals surface area contributed by atoms with E-state index in [4.69, 9.17) is 0 Å². The highest BCUT2D eigenvalue weighted by molar-refractivity contribution is 9.10. The second-order valence-corrected chi connectivity index (χ2v) is 5.96. The van der Waals surface area contributed by atoms with Crippen molar-refractivity contribution in [3.63, 3.8) is 0 Å². The second kappa shape index (κ2) is 5.74. The summed E-state index contributed by atoms with van der Waals surface area (Å²) >= 11 is 3.37. The van der Waals surface area contributed by atoms with Crippen molar-refractivity contribution >= 4 is 33.4 Å². The Kier molecular flexibility index (Phi) is 4.24. The molecule has 19 heavy (non-hydrogen) atoms. The topological polar surface area (TPSA) is 58.2 Å². The summed E-state index contributed by atoms with van der Waals surface area (Å²) in [7, 11) is 0. The van der Waals surface area contributed by atoms with E-state index in [0.717, 1.165) is 22.1 Å². The fourth-order valence-electron chi connectivity index (χ4n) is 1.95. The van der Waals surface area contributed by atoms with Crippen molar-refractivity contribution in [2.75, 3.05) is 11.9 Å². The van der Waals surface area contributed by atoms with Gasteiger partial charge in [0.25, 0.3) is 0 Å². The van der Waals surface area contributed by atoms with Gasteiger partial charge in [0.2, 0.25) is 11.8 Å². The van der Waals surface area contributed by atoms with E-state index in [1.54, 1.807) is 0 Å². The number of benzene rings is 1. The Morgan fingerprint density at radius 2 is 2.11 bits per heavy atom. The lowest BCUT2D eigenvalue weighted by molar-refractivity contribution is -0.125. The number of hydrogen-bond acceptors (Lipinski definition) is 2. The highest BCUT2D eigenvalue weighted by Crippen LogP contribution is 2.37. The first-order valence-electron chi connectivity index (χ1n) is 6.31. The number of nitrogens with one attached hydrogen (secondary N) is 2. The minimum atomic E-state index is -0.202. The molecule has 0 aromatic heterocycles. The summed E-state index contributed by atoms with van der Waals surface area (Å²) in [5, 5.41) is 5.45. The molecule has 0 aliphatic heterocycles. The number of carbonyl (C=O) groups excluding carboxylic acids is 2. The van der Waals surface area contributed by atoms with E-state index in [9.17, 15) is 9.59 Å². The molecular weight excluding hydrogens is 308 g/mol. The summed E-state index contributed by atoms with van der Waals surface area (Å²) < 4.78 is 0.971. The van der Waals surface area contributed by atoms with Gasteiger partial charge in [0.1, 0.15) is 0 Å². The first kappa shape index (κ1) is 14.1. The molecule has 1 aliphatic carbocycles. The van der Waals surface area contributed by atoms with Gasteiger partial charge in [-0.15, -0.1) is 0 Å². The quantitative estimate of drug-likeness (QED) is 0.893. The molecule has 1 aliphatic rings. The fourth-order valence-corrected chi connectivity index (χ4v) is 2.42. The van der Waals surface area contributed by atoms with Gasteiger partial charge < -0.3 is 10.6 Å². The molecule has 0 heterocycles. The molecule has 1 aromatic rings. The molecule has 0 bridgehead atoms. The molecule has 0 saturated heterocycles. The number of carbonyl (C=O) groups is 2. The molecule has 0 spiro atoms. The maximum atomic E-state index is 11.7. The monoisotopic (exact) mass is 324 g/mol. The first-order valence-corrected chi connectivity index (χ1v) is 7.10. The largest absolute Gasteiger partial charge is 0.347 e. The van der Waals surface area contributed by atoms with Crippen LogP contribution in [0.25, 0.3) is 0 Å². The van der Waals surface area contributed by atoms with Crippen LogP contribution in [0.1, 0.15) is 18.9 Å². The highest BCUT2D eigenvalue weighted by atomic mass is 79.9. The zero-order valence-corrected chi connectivity index (χ0v) is 12.6. The smallest absolute Gasteiger partial charge is 0.243 e. The number of halogens is 1. The SMILES string of the molecule is Cc1cc(Br)ccc1NC(=O)CNC(=O)[C@@H]1C[C@H]1C. The predicted molar refractivity (Wildman–Crippen MR) is 77.8 cm³/mol. The van der Waals surface area contributed by atoms with Gasteiger partial charge >= 0.3 is 0 Å². The number of amides is 2. The average Bonchev–Trinajstić information content (AvgIpc) is 3.07. The van der Waals surface area contributed by atoms with E-state index in [1.807, 2.05) is 32.0 Å². The van der Waals surface area contributed by atoms with Crippen molar-refractivity contribution in [2.45, 2.75) is 20.3 Å². The first-order chi connectivity index (χ1) is 8.97. The lowest BCUT2D eigenvalue weighted by Gasteiger charge is -2.09. The molecule has 2 rings (SSSR count). The molecule has 2 N–H and O–H groups in total. The molecule has 1 saturated carbocycles. The average molecular weight is 325 g/mol. The molecule has 1 fully saturated rings. The zero-order valence-electron chi connectivity index (χ0n) is 11.0. The normalized spacial score (nSPS) is 20.8. The fraction of sp³-hybridized carbons (Fsp3) is 0.429. The molecule has 2 atom stereocenters. The summed E-state index contributed by atoms with van der Waals surface area (Å²) in [5.74, 6) is 0.334. The van der Waals surface area contributed by atoms with Crippen molar-refractivity contribution in [3.05, 3.63) is 28.2 Å². The second-order valence-electron chi connectivity index (χ2n) is 5.04. The van der Waals surface area contributed by atoms with Crippen LogP contribution in [0.5, 0.6) is 0 Å². The van der Waals surface area contributed by atoms with Crippen molar-refractivity contribution in [3.8, 4) is 0 Å². The lowest BCUT2D eigenvalue weighted by atomic mass is 10.2. The number of anilines is 1. The van der Waals surface area contributed by atoms with Crippen LogP contribution in [0.2, 0.25) is 0 Å². The third kappa shape index (κ3) is 3.80. The number of aryl methyl sites for hydroxylation is 1. The van der Waals surface area contributed by atoms with Crippen LogP contribution in [0.4, 0.5) is 5.69 Å². The van der Waals surface area contributed by atoms with Crippen molar-refractivity contribution in [1.82, 2.24) is 5.32 Å². The van der Waals surface area contributed by atoms with E-state index >= 15 is 0 Å². The van der Waals surface area contributed by atoms with Gasteiger partial charge in [-0.1, -0.05) is 22.9 Å². The summed E-state index contributed by atoms with van der Waals surface area (Å²) in [6.45, 7) is 3.98. The van der Waals surface area contributed by atoms with Gasteiger partial charge in [-0.25, -0.2) is 0 Å². The third-order valence-electron chi connectivity index (χ3n) is 3.33. The van der Waals surface area contributed by atoms with Crippen LogP contribution in [0.3, 0.4) is 0 Å². The minimum Gasteiger partial charge on any atom is -0.347 e. The molecule has 5 heteroatoms. The van der Waals surface area contributed by atoms with Crippen LogP contribution in [0, 0.1) is 18.8 Å². The molecule has 2 amide bonds. The van der Waals surface area contributed by atoms with Crippen LogP contribution in [0.15, 0.2) is 22.7 Å². The van der Waals surface area contributed by atoms with Gasteiger partial charge in [0.05, 0.1) is 6.54 Å². The van der Waals surface area contributed by atoms with Crippen molar-refractivity contribution < 1.29 is 9.59 Å². The van der Waals surface area contributed by atoms with E-state index < -0.39 is 0 Å². The van der Waals surface area contributed by atoms with Gasteiger partial charge in [-0.05, 0) is 43.0 Å². The minimum absolute atomic E-state index is 0.0184. The maximum Gasteiger partial charge on any atom is 0.243 e. The van der Waals surface area contributed by atoms with Crippen molar-refractivity contribution in [2.24, 2.45) is 11.8 Å². The van der Waals surface area contributed by atoms with Crippen LogP contribution in [-0.2, 0) is 9.59 Å². The summed E-state index contributed by atoms with van der Waals surface area (Å²) in [5.41, 5.74) is 1.74. The number of hydrogen-bond donors (Lipinski definition) is 2. The van der Waals surface area contributed by atoms with Gasteiger partial charge in [0.15, 0.2) is 0 Å². The Morgan fingerprint density at radius 1 is 1.42 bits per heavy atom. The lowest BCUT2D eigenvalue weighted by Crippen LogP contribution is -2.34. The number of rotatable bonds is 4. The predicted octanol–water partition coefficient (Wildman–Crippen LogP) is 2.47. The molecule has 102 valence electrons. The summed E-state index contributed by atoms with van der Waals surface area (Å²) in [6, 6.07) is 5.63. The molecule has 4 nitrogen and oxygen atoms in total. The van der Waals surface area contributed by atoms with Gasteiger partial charge in [-0.3, -0.25) is 9.59 Å². The van der Waals surface area contributed by atoms with Gasteiger partial charge in [0, 0.05) is 16.1 Å². The van der Waals surface area contributed by atoms with Crippen LogP contribution in [-0.4, -0.2) is 18.4 Å². The molecule has 0 radical (unpaired) electrons. The molecule has 0 unspecified atom stereocenters. The Labute approximate surface area is 121 Å². The molecular formula is C14H17BrN2O2. The van der Waals surface area contributed by atoms with E-state index in [2.05, 4.69) is 26.6 Å². The third-order valence-corrected chi connectivity index (χ3v) is 3.83. The van der Waals surface area contributed by atoms with E-state index in [1.165, 1.54) is 0 Å².